The minimum atomic E-state index is -3.39. The molecule has 0 aliphatic heterocycles. The molecule has 0 aromatic heterocycles. The van der Waals surface area contributed by atoms with Gasteiger partial charge in [-0.15, -0.1) is 0 Å². The zero-order valence-corrected chi connectivity index (χ0v) is 13.3. The van der Waals surface area contributed by atoms with Crippen LogP contribution in [-0.2, 0) is 10.0 Å². The SMILES string of the molecule is Cc1ccc(C(=N)N)cc1NS(=O)(=O)CCC(C)(C)C. The van der Waals surface area contributed by atoms with Gasteiger partial charge in [-0.25, -0.2) is 8.42 Å². The van der Waals surface area contributed by atoms with E-state index in [-0.39, 0.29) is 17.0 Å². The molecule has 0 saturated carbocycles. The second-order valence-electron chi connectivity index (χ2n) is 6.17. The molecule has 1 rings (SSSR count). The molecule has 0 fully saturated rings. The van der Waals surface area contributed by atoms with Crippen LogP contribution in [0.25, 0.3) is 0 Å². The summed E-state index contributed by atoms with van der Waals surface area (Å²) in [5.41, 5.74) is 7.16. The molecule has 0 aliphatic carbocycles. The van der Waals surface area contributed by atoms with Crippen LogP contribution >= 0.6 is 0 Å². The lowest BCUT2D eigenvalue weighted by molar-refractivity contribution is 0.397. The van der Waals surface area contributed by atoms with E-state index in [2.05, 4.69) is 4.72 Å². The lowest BCUT2D eigenvalue weighted by atomic mass is 9.94. The fourth-order valence-corrected chi connectivity index (χ4v) is 3.10. The molecule has 1 aromatic carbocycles. The third kappa shape index (κ3) is 5.21. The topological polar surface area (TPSA) is 96.0 Å². The molecule has 0 heterocycles. The molecule has 0 atom stereocenters. The van der Waals surface area contributed by atoms with Crippen LogP contribution in [0.4, 0.5) is 5.69 Å². The van der Waals surface area contributed by atoms with Gasteiger partial charge in [-0.05, 0) is 30.4 Å². The van der Waals surface area contributed by atoms with Crippen molar-refractivity contribution in [2.24, 2.45) is 11.1 Å². The lowest BCUT2D eigenvalue weighted by Crippen LogP contribution is -2.21. The van der Waals surface area contributed by atoms with E-state index < -0.39 is 10.0 Å². The molecule has 6 heteroatoms. The number of sulfonamides is 1. The quantitative estimate of drug-likeness (QED) is 0.575. The monoisotopic (exact) mass is 297 g/mol. The summed E-state index contributed by atoms with van der Waals surface area (Å²) in [5.74, 6) is -0.0135. The normalized spacial score (nSPS) is 12.2. The van der Waals surface area contributed by atoms with Crippen molar-refractivity contribution in [1.82, 2.24) is 0 Å². The molecular formula is C14H23N3O2S. The van der Waals surface area contributed by atoms with Gasteiger partial charge < -0.3 is 5.73 Å². The van der Waals surface area contributed by atoms with Crippen molar-refractivity contribution in [3.05, 3.63) is 29.3 Å². The number of anilines is 1. The maximum atomic E-state index is 12.1. The van der Waals surface area contributed by atoms with Gasteiger partial charge in [0.2, 0.25) is 10.0 Å². The van der Waals surface area contributed by atoms with E-state index in [1.165, 1.54) is 0 Å². The van der Waals surface area contributed by atoms with Crippen LogP contribution in [0.1, 0.15) is 38.3 Å². The first kappa shape index (κ1) is 16.5. The third-order valence-electron chi connectivity index (χ3n) is 2.93. The summed E-state index contributed by atoms with van der Waals surface area (Å²) in [6.45, 7) is 7.82. The third-order valence-corrected chi connectivity index (χ3v) is 4.21. The van der Waals surface area contributed by atoms with Gasteiger partial charge in [0.15, 0.2) is 0 Å². The number of hydrogen-bond donors (Lipinski definition) is 3. The van der Waals surface area contributed by atoms with Gasteiger partial charge in [0, 0.05) is 5.56 Å². The van der Waals surface area contributed by atoms with Gasteiger partial charge in [-0.3, -0.25) is 10.1 Å². The summed E-state index contributed by atoms with van der Waals surface area (Å²) >= 11 is 0. The lowest BCUT2D eigenvalue weighted by Gasteiger charge is -2.18. The van der Waals surface area contributed by atoms with Gasteiger partial charge in [0.1, 0.15) is 5.84 Å². The summed E-state index contributed by atoms with van der Waals surface area (Å²) < 4.78 is 26.7. The van der Waals surface area contributed by atoms with E-state index in [4.69, 9.17) is 11.1 Å². The van der Waals surface area contributed by atoms with Crippen molar-refractivity contribution in [1.29, 1.82) is 5.41 Å². The van der Waals surface area contributed by atoms with E-state index >= 15 is 0 Å². The first-order valence-corrected chi connectivity index (χ1v) is 8.11. The number of amidine groups is 1. The van der Waals surface area contributed by atoms with Crippen molar-refractivity contribution in [2.75, 3.05) is 10.5 Å². The molecule has 0 amide bonds. The Morgan fingerprint density at radius 3 is 2.45 bits per heavy atom. The van der Waals surface area contributed by atoms with E-state index in [1.807, 2.05) is 27.7 Å². The van der Waals surface area contributed by atoms with Gasteiger partial charge in [-0.1, -0.05) is 32.9 Å². The number of aryl methyl sites for hydroxylation is 1. The number of nitrogens with one attached hydrogen (secondary N) is 2. The standard InChI is InChI=1S/C14H23N3O2S/c1-10-5-6-11(13(15)16)9-12(10)17-20(18,19)8-7-14(2,3)4/h5-6,9,17H,7-8H2,1-4H3,(H3,15,16). The average molecular weight is 297 g/mol. The Hall–Kier alpha value is -1.56. The molecule has 1 aromatic rings. The number of nitrogens with two attached hydrogens (primary N) is 1. The van der Waals surface area contributed by atoms with Crippen molar-refractivity contribution in [3.63, 3.8) is 0 Å². The Kier molecular flexibility index (Phi) is 4.81. The van der Waals surface area contributed by atoms with E-state index in [0.717, 1.165) is 5.56 Å². The average Bonchev–Trinajstić information content (AvgIpc) is 2.28. The first-order valence-electron chi connectivity index (χ1n) is 6.46. The largest absolute Gasteiger partial charge is 0.384 e. The molecule has 112 valence electrons. The molecule has 0 unspecified atom stereocenters. The van der Waals surface area contributed by atoms with Crippen LogP contribution in [0, 0.1) is 17.7 Å². The summed E-state index contributed by atoms with van der Waals surface area (Å²) in [6.07, 6.45) is 0.577. The van der Waals surface area contributed by atoms with Crippen LogP contribution < -0.4 is 10.5 Å². The minimum Gasteiger partial charge on any atom is -0.384 e. The molecule has 0 bridgehead atoms. The maximum Gasteiger partial charge on any atom is 0.232 e. The molecule has 4 N–H and O–H groups in total. The van der Waals surface area contributed by atoms with E-state index in [1.54, 1.807) is 18.2 Å². The van der Waals surface area contributed by atoms with Gasteiger partial charge >= 0.3 is 0 Å². The highest BCUT2D eigenvalue weighted by atomic mass is 32.2. The van der Waals surface area contributed by atoms with Crippen LogP contribution in [0.2, 0.25) is 0 Å². The fraction of sp³-hybridized carbons (Fsp3) is 0.500. The van der Waals surface area contributed by atoms with E-state index in [0.29, 0.717) is 17.7 Å². The molecular weight excluding hydrogens is 274 g/mol. The highest BCUT2D eigenvalue weighted by Crippen LogP contribution is 2.22. The van der Waals surface area contributed by atoms with Crippen LogP contribution in [0.5, 0.6) is 0 Å². The highest BCUT2D eigenvalue weighted by molar-refractivity contribution is 7.92. The van der Waals surface area contributed by atoms with Crippen molar-refractivity contribution in [2.45, 2.75) is 34.1 Å². The van der Waals surface area contributed by atoms with Gasteiger partial charge in [0.05, 0.1) is 11.4 Å². The van der Waals surface area contributed by atoms with Crippen molar-refractivity contribution >= 4 is 21.5 Å². The molecule has 5 nitrogen and oxygen atoms in total. The number of hydrogen-bond acceptors (Lipinski definition) is 3. The number of rotatable bonds is 5. The maximum absolute atomic E-state index is 12.1. The Morgan fingerprint density at radius 1 is 1.35 bits per heavy atom. The summed E-state index contributed by atoms with van der Waals surface area (Å²) in [6, 6.07) is 5.04. The second-order valence-corrected chi connectivity index (χ2v) is 8.02. The molecule has 0 aliphatic rings. The highest BCUT2D eigenvalue weighted by Gasteiger charge is 2.18. The molecule has 0 saturated heterocycles. The van der Waals surface area contributed by atoms with Crippen LogP contribution in [-0.4, -0.2) is 20.0 Å². The molecule has 0 radical (unpaired) electrons. The number of nitrogen functional groups attached to an aromatic ring is 1. The van der Waals surface area contributed by atoms with Crippen LogP contribution in [0.15, 0.2) is 18.2 Å². The Balaban J connectivity index is 2.92. The van der Waals surface area contributed by atoms with Crippen molar-refractivity contribution < 1.29 is 8.42 Å². The Morgan fingerprint density at radius 2 is 1.95 bits per heavy atom. The summed E-state index contributed by atoms with van der Waals surface area (Å²) in [5, 5.41) is 7.40. The fourth-order valence-electron chi connectivity index (χ4n) is 1.56. The van der Waals surface area contributed by atoms with Crippen LogP contribution in [0.3, 0.4) is 0 Å². The predicted octanol–water partition coefficient (Wildman–Crippen LogP) is 2.46. The zero-order chi connectivity index (χ0) is 15.6. The zero-order valence-electron chi connectivity index (χ0n) is 12.4. The molecule has 20 heavy (non-hydrogen) atoms. The van der Waals surface area contributed by atoms with Gasteiger partial charge in [-0.2, -0.15) is 0 Å². The van der Waals surface area contributed by atoms with E-state index in [9.17, 15) is 8.42 Å². The smallest absolute Gasteiger partial charge is 0.232 e. The van der Waals surface area contributed by atoms with Crippen molar-refractivity contribution in [3.8, 4) is 0 Å². The number of benzene rings is 1. The minimum absolute atomic E-state index is 0.0367. The van der Waals surface area contributed by atoms with Gasteiger partial charge in [0.25, 0.3) is 0 Å². The predicted molar refractivity (Wildman–Crippen MR) is 83.7 cm³/mol. The summed E-state index contributed by atoms with van der Waals surface area (Å²) in [4.78, 5) is 0. The first-order chi connectivity index (χ1) is 9.00. The Bertz CT molecular complexity index is 601. The molecule has 0 spiro atoms. The second kappa shape index (κ2) is 5.83. The Labute approximate surface area is 121 Å². The summed E-state index contributed by atoms with van der Waals surface area (Å²) in [7, 11) is -3.39.